The van der Waals surface area contributed by atoms with E-state index in [9.17, 15) is 4.79 Å². The van der Waals surface area contributed by atoms with E-state index in [2.05, 4.69) is 17.0 Å². The van der Waals surface area contributed by atoms with Gasteiger partial charge in [-0.1, -0.05) is 24.3 Å². The number of furan rings is 1. The zero-order chi connectivity index (χ0) is 13.1. The monoisotopic (exact) mass is 243 g/mol. The number of carbonyl (C=O) groups is 1. The number of hydrogen-bond donors (Lipinski definition) is 0. The lowest BCUT2D eigenvalue weighted by molar-refractivity contribution is 0.0988. The standard InChI is InChI=1S/C15H17NO2/c1-11(17)14-8-9-15(18-14)13-6-4-12(5-7-13)10-16(2)3/h4-9H,10H2,1-3H3. The van der Waals surface area contributed by atoms with E-state index in [4.69, 9.17) is 4.42 Å². The Morgan fingerprint density at radius 1 is 1.11 bits per heavy atom. The third-order valence-electron chi connectivity index (χ3n) is 2.69. The smallest absolute Gasteiger partial charge is 0.194 e. The predicted molar refractivity (Wildman–Crippen MR) is 71.5 cm³/mol. The van der Waals surface area contributed by atoms with Crippen LogP contribution >= 0.6 is 0 Å². The molecule has 0 saturated carbocycles. The second kappa shape index (κ2) is 5.19. The second-order valence-corrected chi connectivity index (χ2v) is 4.65. The Morgan fingerprint density at radius 2 is 1.78 bits per heavy atom. The third-order valence-corrected chi connectivity index (χ3v) is 2.69. The van der Waals surface area contributed by atoms with Crippen LogP contribution in [0, 0.1) is 0 Å². The van der Waals surface area contributed by atoms with Crippen LogP contribution in [-0.4, -0.2) is 24.8 Å². The molecule has 0 N–H and O–H groups in total. The van der Waals surface area contributed by atoms with Gasteiger partial charge in [-0.3, -0.25) is 4.79 Å². The van der Waals surface area contributed by atoms with Crippen LogP contribution in [0.3, 0.4) is 0 Å². The van der Waals surface area contributed by atoms with Gasteiger partial charge in [0, 0.05) is 19.0 Å². The molecule has 94 valence electrons. The lowest BCUT2D eigenvalue weighted by Crippen LogP contribution is -2.10. The fourth-order valence-electron chi connectivity index (χ4n) is 1.82. The number of rotatable bonds is 4. The summed E-state index contributed by atoms with van der Waals surface area (Å²) in [5, 5.41) is 0. The average molecular weight is 243 g/mol. The first-order chi connectivity index (χ1) is 8.56. The minimum atomic E-state index is -0.0505. The SMILES string of the molecule is CC(=O)c1ccc(-c2ccc(CN(C)C)cc2)o1. The van der Waals surface area contributed by atoms with Crippen LogP contribution in [0.4, 0.5) is 0 Å². The molecule has 0 amide bonds. The van der Waals surface area contributed by atoms with E-state index in [1.54, 1.807) is 6.07 Å². The van der Waals surface area contributed by atoms with Crippen molar-refractivity contribution in [2.24, 2.45) is 0 Å². The molecule has 0 atom stereocenters. The van der Waals surface area contributed by atoms with Crippen molar-refractivity contribution in [2.45, 2.75) is 13.5 Å². The quantitative estimate of drug-likeness (QED) is 0.773. The minimum absolute atomic E-state index is 0.0505. The number of Topliss-reactive ketones (excluding diaryl/α,β-unsaturated/α-hetero) is 1. The predicted octanol–water partition coefficient (Wildman–Crippen LogP) is 3.21. The Hall–Kier alpha value is -1.87. The molecule has 18 heavy (non-hydrogen) atoms. The molecule has 3 heteroatoms. The van der Waals surface area contributed by atoms with Gasteiger partial charge in [0.15, 0.2) is 11.5 Å². The summed E-state index contributed by atoms with van der Waals surface area (Å²) in [6, 6.07) is 11.7. The summed E-state index contributed by atoms with van der Waals surface area (Å²) < 4.78 is 5.49. The van der Waals surface area contributed by atoms with E-state index < -0.39 is 0 Å². The molecule has 1 aromatic heterocycles. The first-order valence-electron chi connectivity index (χ1n) is 5.91. The molecule has 0 aliphatic rings. The maximum Gasteiger partial charge on any atom is 0.194 e. The van der Waals surface area contributed by atoms with Gasteiger partial charge in [-0.2, -0.15) is 0 Å². The Kier molecular flexibility index (Phi) is 3.63. The van der Waals surface area contributed by atoms with Crippen LogP contribution in [0.15, 0.2) is 40.8 Å². The summed E-state index contributed by atoms with van der Waals surface area (Å²) in [7, 11) is 4.08. The first kappa shape index (κ1) is 12.6. The molecule has 0 radical (unpaired) electrons. The van der Waals surface area contributed by atoms with E-state index in [1.165, 1.54) is 12.5 Å². The van der Waals surface area contributed by atoms with E-state index in [-0.39, 0.29) is 5.78 Å². The molecule has 3 nitrogen and oxygen atoms in total. The van der Waals surface area contributed by atoms with Gasteiger partial charge in [0.25, 0.3) is 0 Å². The van der Waals surface area contributed by atoms with Gasteiger partial charge >= 0.3 is 0 Å². The number of carbonyl (C=O) groups excluding carboxylic acids is 1. The molecule has 0 aliphatic carbocycles. The van der Waals surface area contributed by atoms with Crippen molar-refractivity contribution >= 4 is 5.78 Å². The number of ketones is 1. The summed E-state index contributed by atoms with van der Waals surface area (Å²) in [6.07, 6.45) is 0. The summed E-state index contributed by atoms with van der Waals surface area (Å²) in [6.45, 7) is 2.42. The van der Waals surface area contributed by atoms with E-state index >= 15 is 0 Å². The maximum absolute atomic E-state index is 11.2. The maximum atomic E-state index is 11.2. The van der Waals surface area contributed by atoms with Crippen LogP contribution in [0.5, 0.6) is 0 Å². The lowest BCUT2D eigenvalue weighted by atomic mass is 10.1. The molecule has 0 bridgehead atoms. The van der Waals surface area contributed by atoms with E-state index in [1.807, 2.05) is 32.3 Å². The van der Waals surface area contributed by atoms with Gasteiger partial charge in [-0.15, -0.1) is 0 Å². The molecule has 0 aliphatic heterocycles. The van der Waals surface area contributed by atoms with E-state index in [0.717, 1.165) is 17.9 Å². The van der Waals surface area contributed by atoms with Gasteiger partial charge in [0.05, 0.1) is 0 Å². The van der Waals surface area contributed by atoms with Crippen molar-refractivity contribution in [1.29, 1.82) is 0 Å². The molecule has 0 saturated heterocycles. The van der Waals surface area contributed by atoms with Crippen LogP contribution in [0.2, 0.25) is 0 Å². The highest BCUT2D eigenvalue weighted by Crippen LogP contribution is 2.23. The topological polar surface area (TPSA) is 33.5 Å². The van der Waals surface area contributed by atoms with Gasteiger partial charge in [0.2, 0.25) is 0 Å². The number of nitrogens with zero attached hydrogens (tertiary/aromatic N) is 1. The zero-order valence-electron chi connectivity index (χ0n) is 10.9. The Labute approximate surface area is 107 Å². The normalized spacial score (nSPS) is 10.9. The Balaban J connectivity index is 2.20. The largest absolute Gasteiger partial charge is 0.453 e. The fourth-order valence-corrected chi connectivity index (χ4v) is 1.82. The molecule has 0 fully saturated rings. The average Bonchev–Trinajstić information content (AvgIpc) is 2.78. The van der Waals surface area contributed by atoms with Crippen molar-refractivity contribution in [1.82, 2.24) is 4.90 Å². The first-order valence-corrected chi connectivity index (χ1v) is 5.91. The molecular formula is C15H17NO2. The molecular weight excluding hydrogens is 226 g/mol. The Morgan fingerprint density at radius 3 is 2.28 bits per heavy atom. The summed E-state index contributed by atoms with van der Waals surface area (Å²) in [5.74, 6) is 1.09. The van der Waals surface area contributed by atoms with Crippen LogP contribution in [0.1, 0.15) is 23.0 Å². The highest BCUT2D eigenvalue weighted by atomic mass is 16.3. The van der Waals surface area contributed by atoms with Crippen molar-refractivity contribution in [3.05, 3.63) is 47.7 Å². The van der Waals surface area contributed by atoms with Gasteiger partial charge in [-0.05, 0) is 31.8 Å². The van der Waals surface area contributed by atoms with Crippen LogP contribution < -0.4 is 0 Å². The van der Waals surface area contributed by atoms with Crippen molar-refractivity contribution in [2.75, 3.05) is 14.1 Å². The Bertz CT molecular complexity index is 538. The molecule has 0 spiro atoms. The summed E-state index contributed by atoms with van der Waals surface area (Å²) >= 11 is 0. The van der Waals surface area contributed by atoms with Gasteiger partial charge in [-0.25, -0.2) is 0 Å². The zero-order valence-corrected chi connectivity index (χ0v) is 10.9. The van der Waals surface area contributed by atoms with Crippen molar-refractivity contribution in [3.63, 3.8) is 0 Å². The molecule has 2 rings (SSSR count). The molecule has 1 aromatic carbocycles. The summed E-state index contributed by atoms with van der Waals surface area (Å²) in [5.41, 5.74) is 2.24. The number of hydrogen-bond acceptors (Lipinski definition) is 3. The minimum Gasteiger partial charge on any atom is -0.453 e. The van der Waals surface area contributed by atoms with Crippen molar-refractivity contribution in [3.8, 4) is 11.3 Å². The van der Waals surface area contributed by atoms with Crippen LogP contribution in [0.25, 0.3) is 11.3 Å². The summed E-state index contributed by atoms with van der Waals surface area (Å²) in [4.78, 5) is 13.3. The molecule has 1 heterocycles. The van der Waals surface area contributed by atoms with Crippen molar-refractivity contribution < 1.29 is 9.21 Å². The van der Waals surface area contributed by atoms with Crippen LogP contribution in [-0.2, 0) is 6.54 Å². The highest BCUT2D eigenvalue weighted by molar-refractivity contribution is 5.91. The molecule has 0 unspecified atom stereocenters. The number of benzene rings is 1. The van der Waals surface area contributed by atoms with E-state index in [0.29, 0.717) is 5.76 Å². The third kappa shape index (κ3) is 2.87. The molecule has 2 aromatic rings. The second-order valence-electron chi connectivity index (χ2n) is 4.65. The van der Waals surface area contributed by atoms with Gasteiger partial charge < -0.3 is 9.32 Å². The fraction of sp³-hybridized carbons (Fsp3) is 0.267. The highest BCUT2D eigenvalue weighted by Gasteiger charge is 2.07. The van der Waals surface area contributed by atoms with Gasteiger partial charge in [0.1, 0.15) is 5.76 Å². The lowest BCUT2D eigenvalue weighted by Gasteiger charge is -2.09.